The number of carbonyl (C=O) groups excluding carboxylic acids is 3. The predicted molar refractivity (Wildman–Crippen MR) is 100 cm³/mol. The molecule has 0 bridgehead atoms. The van der Waals surface area contributed by atoms with Gasteiger partial charge < -0.3 is 19.4 Å². The number of hydrogen-bond donors (Lipinski definition) is 1. The summed E-state index contributed by atoms with van der Waals surface area (Å²) >= 11 is 0. The number of ether oxygens (including phenoxy) is 2. The minimum atomic E-state index is -0.515. The Hall–Kier alpha value is -2.31. The Morgan fingerprint density at radius 1 is 1.19 bits per heavy atom. The number of aromatic nitrogens is 1. The van der Waals surface area contributed by atoms with E-state index >= 15 is 0 Å². The molecule has 1 fully saturated rings. The van der Waals surface area contributed by atoms with Gasteiger partial charge in [-0.3, -0.25) is 9.59 Å². The van der Waals surface area contributed by atoms with Crippen molar-refractivity contribution in [1.29, 1.82) is 0 Å². The second-order valence-corrected chi connectivity index (χ2v) is 7.19. The molecule has 2 atom stereocenters. The molecule has 1 amide bonds. The van der Waals surface area contributed by atoms with Crippen LogP contribution in [0.3, 0.4) is 0 Å². The monoisotopic (exact) mass is 378 g/mol. The van der Waals surface area contributed by atoms with E-state index < -0.39 is 11.9 Å². The van der Waals surface area contributed by atoms with Gasteiger partial charge in [-0.05, 0) is 45.6 Å². The van der Waals surface area contributed by atoms with Crippen molar-refractivity contribution in [2.45, 2.75) is 66.0 Å². The average molecular weight is 378 g/mol. The van der Waals surface area contributed by atoms with E-state index in [4.69, 9.17) is 9.47 Å². The van der Waals surface area contributed by atoms with E-state index in [-0.39, 0.29) is 25.1 Å². The van der Waals surface area contributed by atoms with Crippen LogP contribution in [-0.2, 0) is 25.6 Å². The fraction of sp³-hybridized carbons (Fsp3) is 0.650. The highest BCUT2D eigenvalue weighted by atomic mass is 16.5. The van der Waals surface area contributed by atoms with Gasteiger partial charge in [0, 0.05) is 17.4 Å². The van der Waals surface area contributed by atoms with Gasteiger partial charge in [0.25, 0.3) is 5.91 Å². The molecule has 1 aliphatic rings. The SMILES string of the molecule is CCOC(=O)c1cc(C)n(CC(=O)OCC(=O)NC2CCCCC2C)c1C. The second kappa shape index (κ2) is 9.58. The zero-order valence-electron chi connectivity index (χ0n) is 16.7. The third kappa shape index (κ3) is 5.58. The van der Waals surface area contributed by atoms with Crippen LogP contribution >= 0.6 is 0 Å². The summed E-state index contributed by atoms with van der Waals surface area (Å²) in [5.74, 6) is -0.745. The third-order valence-corrected chi connectivity index (χ3v) is 5.18. The molecule has 1 saturated carbocycles. The van der Waals surface area contributed by atoms with Crippen molar-refractivity contribution in [3.63, 3.8) is 0 Å². The number of esters is 2. The van der Waals surface area contributed by atoms with Crippen LogP contribution in [0.4, 0.5) is 0 Å². The topological polar surface area (TPSA) is 86.6 Å². The number of hydrogen-bond acceptors (Lipinski definition) is 5. The Bertz CT molecular complexity index is 695. The van der Waals surface area contributed by atoms with Gasteiger partial charge in [-0.2, -0.15) is 0 Å². The molecule has 2 unspecified atom stereocenters. The van der Waals surface area contributed by atoms with Crippen molar-refractivity contribution in [2.24, 2.45) is 5.92 Å². The lowest BCUT2D eigenvalue weighted by molar-refractivity contribution is -0.149. The largest absolute Gasteiger partial charge is 0.462 e. The van der Waals surface area contributed by atoms with E-state index in [9.17, 15) is 14.4 Å². The van der Waals surface area contributed by atoms with Crippen LogP contribution in [0.2, 0.25) is 0 Å². The standard InChI is InChI=1S/C20H30N2O5/c1-5-26-20(25)16-10-14(3)22(15(16)4)11-19(24)27-12-18(23)21-17-9-7-6-8-13(17)2/h10,13,17H,5-9,11-12H2,1-4H3,(H,21,23). The first-order chi connectivity index (χ1) is 12.8. The fourth-order valence-electron chi connectivity index (χ4n) is 3.56. The molecule has 27 heavy (non-hydrogen) atoms. The molecule has 150 valence electrons. The highest BCUT2D eigenvalue weighted by Crippen LogP contribution is 2.23. The smallest absolute Gasteiger partial charge is 0.339 e. The first kappa shape index (κ1) is 21.0. The fourth-order valence-corrected chi connectivity index (χ4v) is 3.56. The zero-order chi connectivity index (χ0) is 20.0. The van der Waals surface area contributed by atoms with E-state index in [1.165, 1.54) is 6.42 Å². The van der Waals surface area contributed by atoms with Gasteiger partial charge in [-0.25, -0.2) is 4.79 Å². The number of amides is 1. The number of nitrogens with one attached hydrogen (secondary N) is 1. The molecule has 0 saturated heterocycles. The Labute approximate surface area is 160 Å². The predicted octanol–water partition coefficient (Wildman–Crippen LogP) is 2.52. The van der Waals surface area contributed by atoms with Crippen LogP contribution in [-0.4, -0.2) is 41.7 Å². The minimum Gasteiger partial charge on any atom is -0.462 e. The Morgan fingerprint density at radius 3 is 2.56 bits per heavy atom. The van der Waals surface area contributed by atoms with Crippen LogP contribution < -0.4 is 5.32 Å². The molecule has 7 nitrogen and oxygen atoms in total. The van der Waals surface area contributed by atoms with Crippen LogP contribution in [0.5, 0.6) is 0 Å². The van der Waals surface area contributed by atoms with E-state index in [1.807, 2.05) is 0 Å². The summed E-state index contributed by atoms with van der Waals surface area (Å²) in [5, 5.41) is 2.96. The quantitative estimate of drug-likeness (QED) is 0.737. The summed E-state index contributed by atoms with van der Waals surface area (Å²) in [6.07, 6.45) is 4.40. The third-order valence-electron chi connectivity index (χ3n) is 5.18. The van der Waals surface area contributed by atoms with Crippen molar-refractivity contribution >= 4 is 17.8 Å². The Kier molecular flexibility index (Phi) is 7.45. The van der Waals surface area contributed by atoms with E-state index in [0.29, 0.717) is 23.8 Å². The lowest BCUT2D eigenvalue weighted by Gasteiger charge is -2.29. The van der Waals surface area contributed by atoms with Gasteiger partial charge in [0.1, 0.15) is 6.54 Å². The van der Waals surface area contributed by atoms with Crippen molar-refractivity contribution < 1.29 is 23.9 Å². The molecular weight excluding hydrogens is 348 g/mol. The minimum absolute atomic E-state index is 0.0514. The summed E-state index contributed by atoms with van der Waals surface area (Å²) in [4.78, 5) is 36.1. The summed E-state index contributed by atoms with van der Waals surface area (Å²) in [7, 11) is 0. The molecule has 0 radical (unpaired) electrons. The summed E-state index contributed by atoms with van der Waals surface area (Å²) in [5.41, 5.74) is 1.84. The molecule has 2 rings (SSSR count). The maximum atomic E-state index is 12.1. The molecule has 0 spiro atoms. The molecule has 1 aliphatic carbocycles. The molecule has 1 N–H and O–H groups in total. The molecule has 0 aromatic carbocycles. The molecular formula is C20H30N2O5. The number of aryl methyl sites for hydroxylation is 1. The zero-order valence-corrected chi connectivity index (χ0v) is 16.7. The summed E-state index contributed by atoms with van der Waals surface area (Å²) in [6.45, 7) is 7.39. The van der Waals surface area contributed by atoms with Crippen molar-refractivity contribution in [3.8, 4) is 0 Å². The van der Waals surface area contributed by atoms with Crippen LogP contribution in [0.15, 0.2) is 6.07 Å². The first-order valence-electron chi connectivity index (χ1n) is 9.62. The highest BCUT2D eigenvalue weighted by Gasteiger charge is 2.23. The van der Waals surface area contributed by atoms with Crippen LogP contribution in [0.1, 0.15) is 61.3 Å². The Morgan fingerprint density at radius 2 is 1.89 bits per heavy atom. The second-order valence-electron chi connectivity index (χ2n) is 7.19. The molecule has 1 heterocycles. The lowest BCUT2D eigenvalue weighted by Crippen LogP contribution is -2.43. The van der Waals surface area contributed by atoms with Gasteiger partial charge in [-0.15, -0.1) is 0 Å². The maximum absolute atomic E-state index is 12.1. The summed E-state index contributed by atoms with van der Waals surface area (Å²) < 4.78 is 11.8. The Balaban J connectivity index is 1.86. The van der Waals surface area contributed by atoms with E-state index in [0.717, 1.165) is 25.0 Å². The van der Waals surface area contributed by atoms with E-state index in [2.05, 4.69) is 12.2 Å². The van der Waals surface area contributed by atoms with Crippen molar-refractivity contribution in [2.75, 3.05) is 13.2 Å². The first-order valence-corrected chi connectivity index (χ1v) is 9.62. The lowest BCUT2D eigenvalue weighted by atomic mass is 9.86. The maximum Gasteiger partial charge on any atom is 0.339 e. The summed E-state index contributed by atoms with van der Waals surface area (Å²) in [6, 6.07) is 1.85. The van der Waals surface area contributed by atoms with Gasteiger partial charge in [0.2, 0.25) is 0 Å². The van der Waals surface area contributed by atoms with Crippen molar-refractivity contribution in [1.82, 2.24) is 9.88 Å². The average Bonchev–Trinajstić information content (AvgIpc) is 2.90. The van der Waals surface area contributed by atoms with Gasteiger partial charge in [-0.1, -0.05) is 19.8 Å². The van der Waals surface area contributed by atoms with Crippen LogP contribution in [0.25, 0.3) is 0 Å². The number of nitrogens with zero attached hydrogens (tertiary/aromatic N) is 1. The van der Waals surface area contributed by atoms with Crippen LogP contribution in [0, 0.1) is 19.8 Å². The molecule has 0 aliphatic heterocycles. The van der Waals surface area contributed by atoms with Gasteiger partial charge in [0.15, 0.2) is 6.61 Å². The highest BCUT2D eigenvalue weighted by molar-refractivity contribution is 5.91. The molecule has 7 heteroatoms. The van der Waals surface area contributed by atoms with Gasteiger partial charge in [0.05, 0.1) is 12.2 Å². The van der Waals surface area contributed by atoms with Gasteiger partial charge >= 0.3 is 11.9 Å². The molecule has 1 aromatic heterocycles. The van der Waals surface area contributed by atoms with E-state index in [1.54, 1.807) is 31.4 Å². The van der Waals surface area contributed by atoms with Crippen molar-refractivity contribution in [3.05, 3.63) is 23.0 Å². The number of rotatable bonds is 7. The normalized spacial score (nSPS) is 19.4. The number of carbonyl (C=O) groups is 3. The molecule has 1 aromatic rings.